The van der Waals surface area contributed by atoms with Crippen molar-refractivity contribution in [2.45, 2.75) is 45.1 Å². The lowest BCUT2D eigenvalue weighted by Gasteiger charge is -2.25. The molecule has 0 heterocycles. The maximum atomic E-state index is 10.9. The molecule has 1 aromatic carbocycles. The van der Waals surface area contributed by atoms with Gasteiger partial charge >= 0.3 is 0 Å². The molecule has 3 N–H and O–H groups in total. The molecule has 0 fully saturated rings. The predicted molar refractivity (Wildman–Crippen MR) is 75.4 cm³/mol. The van der Waals surface area contributed by atoms with Crippen LogP contribution in [0, 0.1) is 0 Å². The molecule has 0 bridgehead atoms. The Bertz CT molecular complexity index is 373. The van der Waals surface area contributed by atoms with E-state index in [4.69, 9.17) is 5.73 Å². The molecule has 1 aromatic rings. The van der Waals surface area contributed by atoms with Gasteiger partial charge in [0.1, 0.15) is 0 Å². The van der Waals surface area contributed by atoms with Crippen molar-refractivity contribution in [1.82, 2.24) is 5.32 Å². The van der Waals surface area contributed by atoms with Crippen molar-refractivity contribution in [2.75, 3.05) is 6.54 Å². The summed E-state index contributed by atoms with van der Waals surface area (Å²) < 4.78 is 0. The topological polar surface area (TPSA) is 55.1 Å². The third-order valence-electron chi connectivity index (χ3n) is 3.17. The molecule has 0 spiro atoms. The van der Waals surface area contributed by atoms with Gasteiger partial charge < -0.3 is 11.1 Å². The van der Waals surface area contributed by atoms with Gasteiger partial charge in [0, 0.05) is 12.0 Å². The number of benzene rings is 1. The molecule has 1 atom stereocenters. The van der Waals surface area contributed by atoms with Gasteiger partial charge in [0.25, 0.3) is 0 Å². The van der Waals surface area contributed by atoms with Gasteiger partial charge in [-0.15, -0.1) is 0 Å². The Morgan fingerprint density at radius 3 is 2.50 bits per heavy atom. The molecule has 0 saturated carbocycles. The summed E-state index contributed by atoms with van der Waals surface area (Å²) in [6, 6.07) is 10.5. The number of amides is 1. The molecular weight excluding hydrogens is 224 g/mol. The van der Waals surface area contributed by atoms with Gasteiger partial charge in [0.15, 0.2) is 0 Å². The fourth-order valence-corrected chi connectivity index (χ4v) is 2.07. The Morgan fingerprint density at radius 2 is 1.94 bits per heavy atom. The first-order chi connectivity index (χ1) is 8.41. The molecule has 18 heavy (non-hydrogen) atoms. The predicted octanol–water partition coefficient (Wildman–Crippen LogP) is 2.42. The Labute approximate surface area is 110 Å². The lowest BCUT2D eigenvalue weighted by molar-refractivity contribution is -0.119. The quantitative estimate of drug-likeness (QED) is 0.778. The Kier molecular flexibility index (Phi) is 5.35. The maximum absolute atomic E-state index is 10.9. The highest BCUT2D eigenvalue weighted by Gasteiger charge is 2.19. The van der Waals surface area contributed by atoms with Crippen LogP contribution in [0.3, 0.4) is 0 Å². The summed E-state index contributed by atoms with van der Waals surface area (Å²) in [5, 5.41) is 3.39. The lowest BCUT2D eigenvalue weighted by Crippen LogP contribution is -2.43. The van der Waals surface area contributed by atoms with Crippen LogP contribution in [-0.2, 0) is 4.79 Å². The molecule has 3 nitrogen and oxygen atoms in total. The molecule has 0 aliphatic rings. The van der Waals surface area contributed by atoms with Gasteiger partial charge in [0.05, 0.1) is 0 Å². The molecule has 0 aliphatic heterocycles. The van der Waals surface area contributed by atoms with Gasteiger partial charge in [-0.2, -0.15) is 0 Å². The van der Waals surface area contributed by atoms with Crippen molar-refractivity contribution in [3.63, 3.8) is 0 Å². The van der Waals surface area contributed by atoms with E-state index in [1.165, 1.54) is 5.56 Å². The van der Waals surface area contributed by atoms with E-state index in [0.29, 0.717) is 12.3 Å². The zero-order chi connectivity index (χ0) is 13.6. The van der Waals surface area contributed by atoms with E-state index in [0.717, 1.165) is 13.0 Å². The van der Waals surface area contributed by atoms with Gasteiger partial charge in [-0.05, 0) is 38.3 Å². The van der Waals surface area contributed by atoms with Crippen molar-refractivity contribution >= 4 is 5.91 Å². The number of carbonyl (C=O) groups excluding carboxylic acids is 1. The second kappa shape index (κ2) is 6.55. The van der Waals surface area contributed by atoms with Crippen molar-refractivity contribution in [2.24, 2.45) is 5.73 Å². The second-order valence-corrected chi connectivity index (χ2v) is 5.55. The summed E-state index contributed by atoms with van der Waals surface area (Å²) in [5.74, 6) is 0.256. The monoisotopic (exact) mass is 248 g/mol. The van der Waals surface area contributed by atoms with Crippen molar-refractivity contribution in [3.05, 3.63) is 35.9 Å². The van der Waals surface area contributed by atoms with Gasteiger partial charge in [-0.3, -0.25) is 4.79 Å². The number of nitrogens with one attached hydrogen (secondary N) is 1. The van der Waals surface area contributed by atoms with Crippen LogP contribution in [0.1, 0.15) is 45.1 Å². The molecule has 0 saturated heterocycles. The van der Waals surface area contributed by atoms with E-state index in [-0.39, 0.29) is 11.4 Å². The largest absolute Gasteiger partial charge is 0.370 e. The second-order valence-electron chi connectivity index (χ2n) is 5.55. The van der Waals surface area contributed by atoms with Crippen LogP contribution in [-0.4, -0.2) is 18.0 Å². The van der Waals surface area contributed by atoms with E-state index in [2.05, 4.69) is 36.5 Å². The van der Waals surface area contributed by atoms with Crippen molar-refractivity contribution < 1.29 is 4.79 Å². The number of nitrogens with two attached hydrogens (primary N) is 1. The van der Waals surface area contributed by atoms with E-state index < -0.39 is 0 Å². The molecule has 3 heteroatoms. The number of carbonyl (C=O) groups is 1. The van der Waals surface area contributed by atoms with Crippen LogP contribution < -0.4 is 11.1 Å². The maximum Gasteiger partial charge on any atom is 0.219 e. The first kappa shape index (κ1) is 14.7. The number of hydrogen-bond acceptors (Lipinski definition) is 2. The first-order valence-electron chi connectivity index (χ1n) is 6.49. The molecule has 0 radical (unpaired) electrons. The smallest absolute Gasteiger partial charge is 0.219 e. The summed E-state index contributed by atoms with van der Waals surface area (Å²) in [6.45, 7) is 7.12. The fourth-order valence-electron chi connectivity index (χ4n) is 2.07. The Hall–Kier alpha value is -1.35. The molecule has 1 rings (SSSR count). The summed E-state index contributed by atoms with van der Waals surface area (Å²) >= 11 is 0. The molecule has 0 aromatic heterocycles. The Morgan fingerprint density at radius 1 is 1.33 bits per heavy atom. The van der Waals surface area contributed by atoms with Crippen LogP contribution in [0.2, 0.25) is 0 Å². The summed E-state index contributed by atoms with van der Waals surface area (Å²) in [4.78, 5) is 10.9. The van der Waals surface area contributed by atoms with Crippen molar-refractivity contribution in [3.8, 4) is 0 Å². The Balaban J connectivity index is 2.36. The van der Waals surface area contributed by atoms with Gasteiger partial charge in [0.2, 0.25) is 5.91 Å². The third kappa shape index (κ3) is 5.32. The summed E-state index contributed by atoms with van der Waals surface area (Å²) in [7, 11) is 0. The average molecular weight is 248 g/mol. The minimum Gasteiger partial charge on any atom is -0.370 e. The standard InChI is InChI=1S/C15H24N2O/c1-12(13-7-5-4-6-8-13)9-10-17-15(2,3)11-14(16)18/h4-8,12,17H,9-11H2,1-3H3,(H2,16,18). The molecule has 1 unspecified atom stereocenters. The minimum atomic E-state index is -0.261. The van der Waals surface area contributed by atoms with E-state index >= 15 is 0 Å². The lowest BCUT2D eigenvalue weighted by atomic mass is 9.96. The highest BCUT2D eigenvalue weighted by Crippen LogP contribution is 2.18. The van der Waals surface area contributed by atoms with E-state index in [1.54, 1.807) is 0 Å². The minimum absolute atomic E-state index is 0.220. The zero-order valence-corrected chi connectivity index (χ0v) is 11.6. The highest BCUT2D eigenvalue weighted by molar-refractivity contribution is 5.74. The molecule has 100 valence electrons. The van der Waals surface area contributed by atoms with Gasteiger partial charge in [-0.1, -0.05) is 37.3 Å². The van der Waals surface area contributed by atoms with E-state index in [9.17, 15) is 4.79 Å². The van der Waals surface area contributed by atoms with Crippen LogP contribution in [0.25, 0.3) is 0 Å². The number of primary amides is 1. The van der Waals surface area contributed by atoms with Crippen LogP contribution in [0.4, 0.5) is 0 Å². The van der Waals surface area contributed by atoms with Crippen LogP contribution >= 0.6 is 0 Å². The summed E-state index contributed by atoms with van der Waals surface area (Å²) in [5.41, 5.74) is 6.36. The third-order valence-corrected chi connectivity index (χ3v) is 3.17. The SMILES string of the molecule is CC(CCNC(C)(C)CC(N)=O)c1ccccc1. The number of hydrogen-bond donors (Lipinski definition) is 2. The highest BCUT2D eigenvalue weighted by atomic mass is 16.1. The zero-order valence-electron chi connectivity index (χ0n) is 11.6. The van der Waals surface area contributed by atoms with Crippen molar-refractivity contribution in [1.29, 1.82) is 0 Å². The molecule has 0 aliphatic carbocycles. The van der Waals surface area contributed by atoms with E-state index in [1.807, 2.05) is 19.9 Å². The average Bonchev–Trinajstić information content (AvgIpc) is 2.28. The summed E-state index contributed by atoms with van der Waals surface area (Å²) in [6.07, 6.45) is 1.42. The number of rotatable bonds is 7. The molecular formula is C15H24N2O. The first-order valence-corrected chi connectivity index (χ1v) is 6.49. The van der Waals surface area contributed by atoms with Crippen LogP contribution in [0.5, 0.6) is 0 Å². The van der Waals surface area contributed by atoms with Crippen LogP contribution in [0.15, 0.2) is 30.3 Å². The van der Waals surface area contributed by atoms with Gasteiger partial charge in [-0.25, -0.2) is 0 Å². The molecule has 1 amide bonds. The normalized spacial score (nSPS) is 13.3. The fraction of sp³-hybridized carbons (Fsp3) is 0.533.